The number of hydrogen-bond donors (Lipinski definition) is 1. The zero-order chi connectivity index (χ0) is 11.5. The summed E-state index contributed by atoms with van der Waals surface area (Å²) in [5.74, 6) is 2.43. The molecule has 0 aliphatic carbocycles. The molecular formula is C13H10ClNO. The Morgan fingerprint density at radius 2 is 2.25 bits per heavy atom. The number of rotatable bonds is 2. The molecule has 0 saturated heterocycles. The van der Waals surface area contributed by atoms with Gasteiger partial charge in [0.15, 0.2) is 0 Å². The van der Waals surface area contributed by atoms with Crippen molar-refractivity contribution < 1.29 is 5.11 Å². The molecule has 1 aromatic heterocycles. The SMILES string of the molecule is C#CCC(O)c1ccc(Cl)c2cccnc12. The maximum absolute atomic E-state index is 9.88. The van der Waals surface area contributed by atoms with Crippen molar-refractivity contribution in [2.24, 2.45) is 0 Å². The minimum atomic E-state index is -0.695. The van der Waals surface area contributed by atoms with Gasteiger partial charge in [0.1, 0.15) is 0 Å². The molecule has 3 heteroatoms. The molecule has 0 aliphatic rings. The van der Waals surface area contributed by atoms with E-state index in [9.17, 15) is 5.11 Å². The molecule has 1 N–H and O–H groups in total. The van der Waals surface area contributed by atoms with E-state index in [1.54, 1.807) is 18.3 Å². The maximum atomic E-state index is 9.88. The van der Waals surface area contributed by atoms with Gasteiger partial charge in [-0.3, -0.25) is 4.98 Å². The summed E-state index contributed by atoms with van der Waals surface area (Å²) in [4.78, 5) is 4.23. The fraction of sp³-hybridized carbons (Fsp3) is 0.154. The predicted octanol–water partition coefficient (Wildman–Crippen LogP) is 2.94. The molecular weight excluding hydrogens is 222 g/mol. The topological polar surface area (TPSA) is 33.1 Å². The first-order chi connectivity index (χ1) is 7.74. The van der Waals surface area contributed by atoms with Gasteiger partial charge in [-0.25, -0.2) is 0 Å². The van der Waals surface area contributed by atoms with Gasteiger partial charge in [0.05, 0.1) is 11.6 Å². The highest BCUT2D eigenvalue weighted by atomic mass is 35.5. The van der Waals surface area contributed by atoms with Crippen molar-refractivity contribution >= 4 is 22.5 Å². The molecule has 1 heterocycles. The van der Waals surface area contributed by atoms with E-state index < -0.39 is 6.10 Å². The Hall–Kier alpha value is -1.56. The lowest BCUT2D eigenvalue weighted by molar-refractivity contribution is 0.185. The number of aromatic nitrogens is 1. The van der Waals surface area contributed by atoms with E-state index in [2.05, 4.69) is 10.9 Å². The molecule has 0 bridgehead atoms. The van der Waals surface area contributed by atoms with Crippen molar-refractivity contribution in [3.8, 4) is 12.3 Å². The van der Waals surface area contributed by atoms with Crippen LogP contribution in [-0.2, 0) is 0 Å². The Labute approximate surface area is 98.9 Å². The van der Waals surface area contributed by atoms with Gasteiger partial charge in [-0.2, -0.15) is 0 Å². The van der Waals surface area contributed by atoms with E-state index in [4.69, 9.17) is 18.0 Å². The standard InChI is InChI=1S/C13H10ClNO/c1-2-4-12(16)10-6-7-11(14)9-5-3-8-15-13(9)10/h1,3,5-8,12,16H,4H2. The normalized spacial score (nSPS) is 12.3. The van der Waals surface area contributed by atoms with Crippen LogP contribution in [0.4, 0.5) is 0 Å². The average Bonchev–Trinajstić information content (AvgIpc) is 2.30. The van der Waals surface area contributed by atoms with Crippen LogP contribution in [0.15, 0.2) is 30.5 Å². The van der Waals surface area contributed by atoms with Gasteiger partial charge in [0.25, 0.3) is 0 Å². The van der Waals surface area contributed by atoms with Gasteiger partial charge < -0.3 is 5.11 Å². The third kappa shape index (κ3) is 1.88. The van der Waals surface area contributed by atoms with E-state index in [0.29, 0.717) is 10.5 Å². The molecule has 0 amide bonds. The first-order valence-corrected chi connectivity index (χ1v) is 5.26. The monoisotopic (exact) mass is 231 g/mol. The Balaban J connectivity index is 2.63. The molecule has 2 aromatic rings. The lowest BCUT2D eigenvalue weighted by Crippen LogP contribution is -1.98. The zero-order valence-corrected chi connectivity index (χ0v) is 9.28. The molecule has 1 unspecified atom stereocenters. The molecule has 80 valence electrons. The second-order valence-electron chi connectivity index (χ2n) is 3.46. The van der Waals surface area contributed by atoms with Crippen molar-refractivity contribution in [1.82, 2.24) is 4.98 Å². The Bertz CT molecular complexity index is 559. The maximum Gasteiger partial charge on any atom is 0.0920 e. The van der Waals surface area contributed by atoms with E-state index in [0.717, 1.165) is 10.9 Å². The summed E-state index contributed by atoms with van der Waals surface area (Å²) in [6.45, 7) is 0. The fourth-order valence-electron chi connectivity index (χ4n) is 1.65. The van der Waals surface area contributed by atoms with Crippen LogP contribution in [0.3, 0.4) is 0 Å². The van der Waals surface area contributed by atoms with Crippen LogP contribution in [0.2, 0.25) is 5.02 Å². The van der Waals surface area contributed by atoms with E-state index in [-0.39, 0.29) is 6.42 Å². The Morgan fingerprint density at radius 3 is 3.00 bits per heavy atom. The number of pyridine rings is 1. The molecule has 0 aliphatic heterocycles. The molecule has 0 spiro atoms. The molecule has 2 nitrogen and oxygen atoms in total. The van der Waals surface area contributed by atoms with Gasteiger partial charge in [0, 0.05) is 28.6 Å². The minimum absolute atomic E-state index is 0.271. The third-order valence-corrected chi connectivity index (χ3v) is 2.75. The smallest absolute Gasteiger partial charge is 0.0920 e. The third-order valence-electron chi connectivity index (χ3n) is 2.42. The number of benzene rings is 1. The first-order valence-electron chi connectivity index (χ1n) is 4.88. The second-order valence-corrected chi connectivity index (χ2v) is 3.87. The Kier molecular flexibility index (Phi) is 3.09. The highest BCUT2D eigenvalue weighted by Crippen LogP contribution is 2.29. The molecule has 16 heavy (non-hydrogen) atoms. The van der Waals surface area contributed by atoms with Crippen molar-refractivity contribution in [2.75, 3.05) is 0 Å². The van der Waals surface area contributed by atoms with Crippen molar-refractivity contribution in [1.29, 1.82) is 0 Å². The van der Waals surface area contributed by atoms with Gasteiger partial charge in [0.2, 0.25) is 0 Å². The quantitative estimate of drug-likeness (QED) is 0.807. The van der Waals surface area contributed by atoms with Crippen LogP contribution in [0, 0.1) is 12.3 Å². The van der Waals surface area contributed by atoms with Crippen LogP contribution in [0.25, 0.3) is 10.9 Å². The van der Waals surface area contributed by atoms with Gasteiger partial charge >= 0.3 is 0 Å². The lowest BCUT2D eigenvalue weighted by atomic mass is 10.0. The minimum Gasteiger partial charge on any atom is -0.387 e. The predicted molar refractivity (Wildman–Crippen MR) is 65.2 cm³/mol. The van der Waals surface area contributed by atoms with Crippen LogP contribution in [0.5, 0.6) is 0 Å². The summed E-state index contributed by atoms with van der Waals surface area (Å²) in [6, 6.07) is 7.20. The Morgan fingerprint density at radius 1 is 1.44 bits per heavy atom. The van der Waals surface area contributed by atoms with Crippen LogP contribution < -0.4 is 0 Å². The van der Waals surface area contributed by atoms with Gasteiger partial charge in [-0.15, -0.1) is 12.3 Å². The molecule has 0 saturated carbocycles. The summed E-state index contributed by atoms with van der Waals surface area (Å²) >= 11 is 6.05. The highest BCUT2D eigenvalue weighted by molar-refractivity contribution is 6.35. The average molecular weight is 232 g/mol. The highest BCUT2D eigenvalue weighted by Gasteiger charge is 2.12. The van der Waals surface area contributed by atoms with Crippen molar-refractivity contribution in [3.05, 3.63) is 41.0 Å². The molecule has 1 atom stereocenters. The fourth-order valence-corrected chi connectivity index (χ4v) is 1.87. The number of nitrogens with zero attached hydrogens (tertiary/aromatic N) is 1. The summed E-state index contributed by atoms with van der Waals surface area (Å²) in [5.41, 5.74) is 1.43. The summed E-state index contributed by atoms with van der Waals surface area (Å²) < 4.78 is 0. The summed E-state index contributed by atoms with van der Waals surface area (Å²) in [5, 5.41) is 11.3. The van der Waals surface area contributed by atoms with Crippen LogP contribution >= 0.6 is 11.6 Å². The molecule has 0 fully saturated rings. The number of halogens is 1. The van der Waals surface area contributed by atoms with Gasteiger partial charge in [-0.05, 0) is 18.2 Å². The second kappa shape index (κ2) is 4.52. The zero-order valence-electron chi connectivity index (χ0n) is 8.52. The molecule has 2 rings (SSSR count). The van der Waals surface area contributed by atoms with Crippen LogP contribution in [-0.4, -0.2) is 10.1 Å². The lowest BCUT2D eigenvalue weighted by Gasteiger charge is -2.11. The number of aliphatic hydroxyl groups excluding tert-OH is 1. The van der Waals surface area contributed by atoms with Gasteiger partial charge in [-0.1, -0.05) is 17.7 Å². The summed E-state index contributed by atoms with van der Waals surface area (Å²) in [7, 11) is 0. The number of fused-ring (bicyclic) bond motifs is 1. The molecule has 1 aromatic carbocycles. The van der Waals surface area contributed by atoms with E-state index in [1.165, 1.54) is 0 Å². The van der Waals surface area contributed by atoms with Crippen molar-refractivity contribution in [2.45, 2.75) is 12.5 Å². The van der Waals surface area contributed by atoms with Crippen molar-refractivity contribution in [3.63, 3.8) is 0 Å². The molecule has 0 radical (unpaired) electrons. The number of terminal acetylenes is 1. The number of hydrogen-bond acceptors (Lipinski definition) is 2. The summed E-state index contributed by atoms with van der Waals surface area (Å²) in [6.07, 6.45) is 6.43. The van der Waals surface area contributed by atoms with Crippen LogP contribution in [0.1, 0.15) is 18.1 Å². The van der Waals surface area contributed by atoms with E-state index >= 15 is 0 Å². The van der Waals surface area contributed by atoms with E-state index in [1.807, 2.05) is 12.1 Å². The first kappa shape index (κ1) is 10.9. The number of aliphatic hydroxyl groups is 1. The largest absolute Gasteiger partial charge is 0.387 e.